The molecule has 4 rings (SSSR count). The molecule has 0 spiro atoms. The Labute approximate surface area is 203 Å². The molecule has 2 aromatic heterocycles. The fourth-order valence-corrected chi connectivity index (χ4v) is 3.47. The summed E-state index contributed by atoms with van der Waals surface area (Å²) >= 11 is 0. The lowest BCUT2D eigenvalue weighted by molar-refractivity contribution is 0.0827. The Morgan fingerprint density at radius 3 is 2.37 bits per heavy atom. The second-order valence-corrected chi connectivity index (χ2v) is 8.06. The number of hydrogen-bond donors (Lipinski definition) is 3. The van der Waals surface area contributed by atoms with E-state index in [2.05, 4.69) is 25.6 Å². The van der Waals surface area contributed by atoms with Crippen molar-refractivity contribution in [1.29, 1.82) is 0 Å². The first-order chi connectivity index (χ1) is 16.9. The molecule has 0 aliphatic heterocycles. The summed E-state index contributed by atoms with van der Waals surface area (Å²) in [5.74, 6) is -0.122. The number of carbonyl (C=O) groups excluding carboxylic acids is 2. The highest BCUT2D eigenvalue weighted by Gasteiger charge is 2.12. The molecule has 2 amide bonds. The molecule has 35 heavy (non-hydrogen) atoms. The molecule has 0 aliphatic carbocycles. The highest BCUT2D eigenvalue weighted by molar-refractivity contribution is 5.98. The molecular formula is C26H25N7O2. The molecule has 4 aromatic rings. The van der Waals surface area contributed by atoms with Gasteiger partial charge in [-0.15, -0.1) is 0 Å². The number of pyridine rings is 1. The van der Waals surface area contributed by atoms with Gasteiger partial charge in [0.2, 0.25) is 0 Å². The molecule has 0 saturated heterocycles. The number of nitrogens with two attached hydrogens (primary N) is 1. The predicted octanol–water partition coefficient (Wildman–Crippen LogP) is 3.70. The Morgan fingerprint density at radius 1 is 0.943 bits per heavy atom. The lowest BCUT2D eigenvalue weighted by Gasteiger charge is -2.14. The summed E-state index contributed by atoms with van der Waals surface area (Å²) in [7, 11) is 3.42. The molecule has 0 radical (unpaired) electrons. The van der Waals surface area contributed by atoms with E-state index >= 15 is 0 Å². The Morgan fingerprint density at radius 2 is 1.69 bits per heavy atom. The zero-order chi connectivity index (χ0) is 24.8. The van der Waals surface area contributed by atoms with Gasteiger partial charge in [-0.25, -0.2) is 15.0 Å². The van der Waals surface area contributed by atoms with Gasteiger partial charge in [0.25, 0.3) is 11.8 Å². The van der Waals surface area contributed by atoms with Gasteiger partial charge >= 0.3 is 0 Å². The largest absolute Gasteiger partial charge is 0.380 e. The van der Waals surface area contributed by atoms with Gasteiger partial charge in [-0.3, -0.25) is 9.59 Å². The van der Waals surface area contributed by atoms with Gasteiger partial charge < -0.3 is 21.3 Å². The molecule has 2 aromatic carbocycles. The van der Waals surface area contributed by atoms with E-state index in [9.17, 15) is 9.59 Å². The molecule has 0 atom stereocenters. The number of amides is 2. The van der Waals surface area contributed by atoms with Crippen molar-refractivity contribution in [3.63, 3.8) is 0 Å². The van der Waals surface area contributed by atoms with Crippen molar-refractivity contribution in [1.82, 2.24) is 19.9 Å². The first-order valence-electron chi connectivity index (χ1n) is 10.9. The number of nitrogens with zero attached hydrogens (tertiary/aromatic N) is 4. The first kappa shape index (κ1) is 23.4. The van der Waals surface area contributed by atoms with Crippen LogP contribution in [0.15, 0.2) is 79.5 Å². The summed E-state index contributed by atoms with van der Waals surface area (Å²) in [6.45, 7) is 0.465. The minimum absolute atomic E-state index is 0.0733. The van der Waals surface area contributed by atoms with Gasteiger partial charge in [0.1, 0.15) is 12.1 Å². The van der Waals surface area contributed by atoms with E-state index in [1.807, 2.05) is 24.3 Å². The van der Waals surface area contributed by atoms with Gasteiger partial charge in [-0.2, -0.15) is 0 Å². The van der Waals surface area contributed by atoms with E-state index in [0.717, 1.165) is 22.4 Å². The fraction of sp³-hybridized carbons (Fsp3) is 0.115. The molecule has 0 fully saturated rings. The third kappa shape index (κ3) is 5.77. The maximum absolute atomic E-state index is 12.1. The maximum atomic E-state index is 12.1. The van der Waals surface area contributed by atoms with Crippen molar-refractivity contribution in [3.8, 4) is 11.1 Å². The van der Waals surface area contributed by atoms with Crippen molar-refractivity contribution in [3.05, 3.63) is 96.2 Å². The quantitative estimate of drug-likeness (QED) is 0.361. The van der Waals surface area contributed by atoms with E-state index in [-0.39, 0.29) is 11.5 Å². The monoisotopic (exact) mass is 467 g/mol. The van der Waals surface area contributed by atoms with Crippen LogP contribution in [0.5, 0.6) is 0 Å². The second kappa shape index (κ2) is 10.4. The number of anilines is 3. The molecule has 9 heteroatoms. The molecule has 0 aliphatic rings. The van der Waals surface area contributed by atoms with Crippen molar-refractivity contribution < 1.29 is 9.59 Å². The average molecular weight is 468 g/mol. The number of carbonyl (C=O) groups is 2. The molecule has 0 unspecified atom stereocenters. The molecule has 176 valence electrons. The summed E-state index contributed by atoms with van der Waals surface area (Å²) in [6.07, 6.45) is 6.45. The standard InChI is InChI=1S/C26H25N7O2/c1-33(2)26(35)18-6-8-21(9-7-18)32-24-11-23(22(15-31-24)25(27)34)30-12-17-4-3-5-19(10-17)20-13-28-16-29-14-20/h3-11,13-16H,12H2,1-2H3,(H2,27,34)(H2,30,31,32). The van der Waals surface area contributed by atoms with Crippen LogP contribution in [0.25, 0.3) is 11.1 Å². The van der Waals surface area contributed by atoms with E-state index in [0.29, 0.717) is 23.6 Å². The van der Waals surface area contributed by atoms with Crippen molar-refractivity contribution >= 4 is 29.0 Å². The van der Waals surface area contributed by atoms with Crippen LogP contribution in [0.1, 0.15) is 26.3 Å². The van der Waals surface area contributed by atoms with Gasteiger partial charge in [0, 0.05) is 62.1 Å². The molecular weight excluding hydrogens is 442 g/mol. The van der Waals surface area contributed by atoms with Crippen LogP contribution in [0.4, 0.5) is 17.2 Å². The summed E-state index contributed by atoms with van der Waals surface area (Å²) in [6, 6.07) is 16.8. The minimum atomic E-state index is -0.576. The van der Waals surface area contributed by atoms with Crippen LogP contribution in [0.3, 0.4) is 0 Å². The van der Waals surface area contributed by atoms with E-state index in [1.54, 1.807) is 56.8 Å². The average Bonchev–Trinajstić information content (AvgIpc) is 2.88. The third-order valence-electron chi connectivity index (χ3n) is 5.28. The van der Waals surface area contributed by atoms with Crippen molar-refractivity contribution in [2.45, 2.75) is 6.54 Å². The van der Waals surface area contributed by atoms with E-state index in [1.165, 1.54) is 17.4 Å². The van der Waals surface area contributed by atoms with Crippen LogP contribution in [-0.4, -0.2) is 45.8 Å². The van der Waals surface area contributed by atoms with Gasteiger partial charge in [-0.05, 0) is 41.5 Å². The second-order valence-electron chi connectivity index (χ2n) is 8.06. The van der Waals surface area contributed by atoms with Crippen LogP contribution < -0.4 is 16.4 Å². The zero-order valence-electron chi connectivity index (χ0n) is 19.4. The summed E-state index contributed by atoms with van der Waals surface area (Å²) < 4.78 is 0. The minimum Gasteiger partial charge on any atom is -0.380 e. The Bertz CT molecular complexity index is 1340. The number of nitrogens with one attached hydrogen (secondary N) is 2. The number of aromatic nitrogens is 3. The van der Waals surface area contributed by atoms with Crippen LogP contribution in [0, 0.1) is 0 Å². The fourth-order valence-electron chi connectivity index (χ4n) is 3.47. The lowest BCUT2D eigenvalue weighted by atomic mass is 10.1. The highest BCUT2D eigenvalue weighted by Crippen LogP contribution is 2.24. The Balaban J connectivity index is 1.51. The summed E-state index contributed by atoms with van der Waals surface area (Å²) in [5.41, 5.74) is 10.7. The summed E-state index contributed by atoms with van der Waals surface area (Å²) in [4.78, 5) is 38.0. The number of benzene rings is 2. The van der Waals surface area contributed by atoms with Crippen LogP contribution in [-0.2, 0) is 6.54 Å². The maximum Gasteiger partial charge on any atom is 0.253 e. The highest BCUT2D eigenvalue weighted by atomic mass is 16.2. The normalized spacial score (nSPS) is 10.5. The molecule has 2 heterocycles. The molecule has 9 nitrogen and oxygen atoms in total. The molecule has 4 N–H and O–H groups in total. The van der Waals surface area contributed by atoms with Crippen molar-refractivity contribution in [2.75, 3.05) is 24.7 Å². The van der Waals surface area contributed by atoms with Gasteiger partial charge in [0.05, 0.1) is 11.3 Å². The molecule has 0 saturated carbocycles. The number of rotatable bonds is 8. The SMILES string of the molecule is CN(C)C(=O)c1ccc(Nc2cc(NCc3cccc(-c4cncnc4)c3)c(C(N)=O)cn2)cc1. The number of hydrogen-bond acceptors (Lipinski definition) is 7. The van der Waals surface area contributed by atoms with Gasteiger partial charge in [0.15, 0.2) is 0 Å². The predicted molar refractivity (Wildman–Crippen MR) is 135 cm³/mol. The Kier molecular flexibility index (Phi) is 6.96. The van der Waals surface area contributed by atoms with E-state index < -0.39 is 5.91 Å². The van der Waals surface area contributed by atoms with Gasteiger partial charge in [-0.1, -0.05) is 18.2 Å². The first-order valence-corrected chi connectivity index (χ1v) is 10.9. The topological polar surface area (TPSA) is 126 Å². The van der Waals surface area contributed by atoms with E-state index in [4.69, 9.17) is 5.73 Å². The number of primary amides is 1. The zero-order valence-corrected chi connectivity index (χ0v) is 19.4. The Hall–Kier alpha value is -4.79. The third-order valence-corrected chi connectivity index (χ3v) is 5.28. The molecule has 0 bridgehead atoms. The van der Waals surface area contributed by atoms with Crippen LogP contribution >= 0.6 is 0 Å². The smallest absolute Gasteiger partial charge is 0.253 e. The van der Waals surface area contributed by atoms with Crippen LogP contribution in [0.2, 0.25) is 0 Å². The summed E-state index contributed by atoms with van der Waals surface area (Å²) in [5, 5.41) is 6.48. The lowest BCUT2D eigenvalue weighted by Crippen LogP contribution is -2.21. The van der Waals surface area contributed by atoms with Crippen molar-refractivity contribution in [2.24, 2.45) is 5.73 Å².